The van der Waals surface area contributed by atoms with Gasteiger partial charge in [0.1, 0.15) is 12.1 Å². The molecule has 2 aromatic heterocycles. The molecule has 0 aromatic carbocycles. The van der Waals surface area contributed by atoms with Gasteiger partial charge in [-0.3, -0.25) is 0 Å². The minimum Gasteiger partial charge on any atom is -0.356 e. The van der Waals surface area contributed by atoms with Gasteiger partial charge in [-0.2, -0.15) is 5.10 Å². The van der Waals surface area contributed by atoms with Crippen LogP contribution in [-0.4, -0.2) is 45.8 Å². The molecule has 7 nitrogen and oxygen atoms in total. The summed E-state index contributed by atoms with van der Waals surface area (Å²) in [6, 6.07) is 1.87. The number of anilines is 1. The van der Waals surface area contributed by atoms with Crippen molar-refractivity contribution in [3.05, 3.63) is 22.9 Å². The van der Waals surface area contributed by atoms with E-state index in [1.807, 2.05) is 6.07 Å². The third kappa shape index (κ3) is 3.07. The second-order valence-corrected chi connectivity index (χ2v) is 5.66. The lowest BCUT2D eigenvalue weighted by Gasteiger charge is -2.33. The van der Waals surface area contributed by atoms with Crippen LogP contribution in [0.1, 0.15) is 26.2 Å². The molecule has 0 saturated carbocycles. The van der Waals surface area contributed by atoms with Gasteiger partial charge in [-0.1, -0.05) is 6.92 Å². The fraction of sp³-hybridized carbons (Fsp3) is 0.643. The zero-order valence-electron chi connectivity index (χ0n) is 12.4. The Morgan fingerprint density at radius 1 is 1.52 bits per heavy atom. The fourth-order valence-corrected chi connectivity index (χ4v) is 2.90. The minimum atomic E-state index is -0.246. The molecule has 1 aliphatic heterocycles. The lowest BCUT2D eigenvalue weighted by molar-refractivity contribution is 0.391. The number of rotatable bonds is 5. The molecular formula is C14H22N6O. The van der Waals surface area contributed by atoms with E-state index in [1.165, 1.54) is 23.7 Å². The van der Waals surface area contributed by atoms with E-state index in [0.29, 0.717) is 11.6 Å². The Morgan fingerprint density at radius 2 is 2.43 bits per heavy atom. The number of piperidine rings is 1. The van der Waals surface area contributed by atoms with Crippen molar-refractivity contribution in [3.63, 3.8) is 0 Å². The van der Waals surface area contributed by atoms with E-state index in [2.05, 4.69) is 32.3 Å². The summed E-state index contributed by atoms with van der Waals surface area (Å²) in [5.74, 6) is 1.56. The molecule has 2 aromatic rings. The number of aromatic nitrogens is 4. The summed E-state index contributed by atoms with van der Waals surface area (Å²) < 4.78 is 1.42. The minimum absolute atomic E-state index is 0.246. The van der Waals surface area contributed by atoms with Crippen LogP contribution in [0.5, 0.6) is 0 Å². The first kappa shape index (κ1) is 14.1. The highest BCUT2D eigenvalue weighted by Gasteiger charge is 2.21. The molecule has 0 bridgehead atoms. The van der Waals surface area contributed by atoms with Crippen molar-refractivity contribution in [1.82, 2.24) is 24.9 Å². The van der Waals surface area contributed by atoms with Crippen LogP contribution in [0.25, 0.3) is 5.65 Å². The van der Waals surface area contributed by atoms with Crippen LogP contribution < -0.4 is 15.9 Å². The van der Waals surface area contributed by atoms with Crippen molar-refractivity contribution < 1.29 is 0 Å². The average molecular weight is 290 g/mol. The highest BCUT2D eigenvalue weighted by Crippen LogP contribution is 2.21. The van der Waals surface area contributed by atoms with E-state index < -0.39 is 0 Å². The van der Waals surface area contributed by atoms with E-state index in [-0.39, 0.29) is 5.69 Å². The molecule has 0 radical (unpaired) electrons. The number of hydrogen-bond acceptors (Lipinski definition) is 5. The quantitative estimate of drug-likeness (QED) is 0.790. The van der Waals surface area contributed by atoms with Gasteiger partial charge in [0.25, 0.3) is 0 Å². The van der Waals surface area contributed by atoms with E-state index in [1.54, 1.807) is 6.33 Å². The predicted octanol–water partition coefficient (Wildman–Crippen LogP) is 0.634. The molecule has 3 heterocycles. The van der Waals surface area contributed by atoms with Gasteiger partial charge in [-0.15, -0.1) is 0 Å². The van der Waals surface area contributed by atoms with Gasteiger partial charge in [0, 0.05) is 19.2 Å². The maximum absolute atomic E-state index is 11.4. The second kappa shape index (κ2) is 6.26. The summed E-state index contributed by atoms with van der Waals surface area (Å²) in [5.41, 5.74) is 0.376. The Bertz CT molecular complexity index is 648. The number of nitrogens with zero attached hydrogens (tertiary/aromatic N) is 4. The molecule has 2 N–H and O–H groups in total. The summed E-state index contributed by atoms with van der Waals surface area (Å²) in [4.78, 5) is 18.1. The van der Waals surface area contributed by atoms with Crippen molar-refractivity contribution in [2.24, 2.45) is 5.92 Å². The lowest BCUT2D eigenvalue weighted by Crippen LogP contribution is -2.40. The van der Waals surface area contributed by atoms with Crippen LogP contribution in [0.15, 0.2) is 17.2 Å². The Kier molecular flexibility index (Phi) is 4.19. The Labute approximate surface area is 123 Å². The zero-order valence-corrected chi connectivity index (χ0v) is 12.4. The first-order chi connectivity index (χ1) is 10.3. The maximum Gasteiger partial charge on any atom is 0.348 e. The van der Waals surface area contributed by atoms with Gasteiger partial charge >= 0.3 is 5.69 Å². The Hall–Kier alpha value is -1.89. The molecule has 1 unspecified atom stereocenters. The third-order valence-corrected chi connectivity index (χ3v) is 4.00. The van der Waals surface area contributed by atoms with E-state index >= 15 is 0 Å². The average Bonchev–Trinajstić information content (AvgIpc) is 2.89. The molecule has 1 fully saturated rings. The highest BCUT2D eigenvalue weighted by molar-refractivity contribution is 5.50. The first-order valence-corrected chi connectivity index (χ1v) is 7.66. The van der Waals surface area contributed by atoms with Crippen LogP contribution >= 0.6 is 0 Å². The Morgan fingerprint density at radius 3 is 3.29 bits per heavy atom. The summed E-state index contributed by atoms with van der Waals surface area (Å²) >= 11 is 0. The van der Waals surface area contributed by atoms with Crippen LogP contribution in [0, 0.1) is 5.92 Å². The molecule has 0 spiro atoms. The number of fused-ring (bicyclic) bond motifs is 1. The van der Waals surface area contributed by atoms with Crippen molar-refractivity contribution in [1.29, 1.82) is 0 Å². The van der Waals surface area contributed by atoms with Crippen molar-refractivity contribution in [2.75, 3.05) is 31.1 Å². The normalized spacial score (nSPS) is 19.3. The van der Waals surface area contributed by atoms with Gasteiger partial charge in [-0.25, -0.2) is 19.3 Å². The molecule has 0 amide bonds. The van der Waals surface area contributed by atoms with Crippen LogP contribution in [0.3, 0.4) is 0 Å². The monoisotopic (exact) mass is 290 g/mol. The largest absolute Gasteiger partial charge is 0.356 e. The van der Waals surface area contributed by atoms with Gasteiger partial charge < -0.3 is 10.2 Å². The van der Waals surface area contributed by atoms with Gasteiger partial charge in [-0.05, 0) is 38.3 Å². The molecule has 21 heavy (non-hydrogen) atoms. The summed E-state index contributed by atoms with van der Waals surface area (Å²) in [6.07, 6.45) is 5.16. The van der Waals surface area contributed by atoms with Gasteiger partial charge in [0.05, 0.1) is 0 Å². The first-order valence-electron chi connectivity index (χ1n) is 7.66. The number of hydrogen-bond donors (Lipinski definition) is 2. The van der Waals surface area contributed by atoms with Gasteiger partial charge in [0.2, 0.25) is 0 Å². The number of H-pyrrole nitrogens is 1. The summed E-state index contributed by atoms with van der Waals surface area (Å²) in [7, 11) is 0. The standard InChI is InChI=1S/C14H22N6O/c1-2-5-15-8-11-4-3-6-19(9-11)12-7-13-17-18-14(21)20(13)10-16-12/h7,10-11,15H,2-6,8-9H2,1H3,(H,18,21). The maximum atomic E-state index is 11.4. The molecular weight excluding hydrogens is 268 g/mol. The van der Waals surface area contributed by atoms with E-state index in [9.17, 15) is 4.79 Å². The Balaban J connectivity index is 1.70. The third-order valence-electron chi connectivity index (χ3n) is 4.00. The lowest BCUT2D eigenvalue weighted by atomic mass is 9.98. The summed E-state index contributed by atoms with van der Waals surface area (Å²) in [5, 5.41) is 9.94. The molecule has 7 heteroatoms. The SMILES string of the molecule is CCCNCC1CCCN(c2cc3n[nH]c(=O)n3cn2)C1. The van der Waals surface area contributed by atoms with E-state index in [4.69, 9.17) is 0 Å². The molecule has 1 aliphatic rings. The number of aromatic amines is 1. The van der Waals surface area contributed by atoms with Crippen LogP contribution in [-0.2, 0) is 0 Å². The summed E-state index contributed by atoms with van der Waals surface area (Å²) in [6.45, 7) is 6.35. The fourth-order valence-electron chi connectivity index (χ4n) is 2.90. The topological polar surface area (TPSA) is 78.3 Å². The molecule has 0 aliphatic carbocycles. The second-order valence-electron chi connectivity index (χ2n) is 5.66. The molecule has 1 saturated heterocycles. The van der Waals surface area contributed by atoms with Crippen molar-refractivity contribution in [2.45, 2.75) is 26.2 Å². The number of nitrogens with one attached hydrogen (secondary N) is 2. The van der Waals surface area contributed by atoms with Crippen molar-refractivity contribution >= 4 is 11.5 Å². The highest BCUT2D eigenvalue weighted by atomic mass is 16.1. The van der Waals surface area contributed by atoms with Crippen molar-refractivity contribution in [3.8, 4) is 0 Å². The van der Waals surface area contributed by atoms with Crippen LogP contribution in [0.4, 0.5) is 5.82 Å². The van der Waals surface area contributed by atoms with E-state index in [0.717, 1.165) is 32.0 Å². The van der Waals surface area contributed by atoms with Gasteiger partial charge in [0.15, 0.2) is 5.65 Å². The molecule has 114 valence electrons. The smallest absolute Gasteiger partial charge is 0.348 e. The predicted molar refractivity (Wildman–Crippen MR) is 81.7 cm³/mol. The molecule has 1 atom stereocenters. The zero-order chi connectivity index (χ0) is 14.7. The van der Waals surface area contributed by atoms with Crippen LogP contribution in [0.2, 0.25) is 0 Å². The molecule has 3 rings (SSSR count).